The monoisotopic (exact) mass is 620 g/mol. The van der Waals surface area contributed by atoms with Gasteiger partial charge in [0.1, 0.15) is 6.10 Å². The molecule has 2 bridgehead atoms. The van der Waals surface area contributed by atoms with Gasteiger partial charge in [-0.15, -0.1) is 0 Å². The molecule has 3 rings (SSSR count). The predicted molar refractivity (Wildman–Crippen MR) is 155 cm³/mol. The normalized spacial score (nSPS) is 32.5. The fraction of sp³-hybridized carbons (Fsp3) is 0.625. The molecule has 0 spiro atoms. The zero-order chi connectivity index (χ0) is 33.0. The minimum Gasteiger partial charge on any atom is -0.479 e. The molecule has 12 nitrogen and oxygen atoms in total. The van der Waals surface area contributed by atoms with E-state index in [2.05, 4.69) is 0 Å². The van der Waals surface area contributed by atoms with Crippen LogP contribution in [0.4, 0.5) is 0 Å². The van der Waals surface area contributed by atoms with Crippen LogP contribution in [0, 0.1) is 23.7 Å². The summed E-state index contributed by atoms with van der Waals surface area (Å²) < 4.78 is 16.6. The summed E-state index contributed by atoms with van der Waals surface area (Å²) in [4.78, 5) is 50.6. The Morgan fingerprint density at radius 1 is 0.955 bits per heavy atom. The fourth-order valence-corrected chi connectivity index (χ4v) is 6.54. The van der Waals surface area contributed by atoms with Crippen LogP contribution in [-0.2, 0) is 39.8 Å². The first-order chi connectivity index (χ1) is 20.5. The van der Waals surface area contributed by atoms with Crippen LogP contribution in [0.2, 0.25) is 0 Å². The van der Waals surface area contributed by atoms with Crippen LogP contribution in [0.1, 0.15) is 65.9 Å². The molecule has 244 valence electrons. The number of carbonyl (C=O) groups is 4. The highest BCUT2D eigenvalue weighted by molar-refractivity contribution is 5.98. The second-order valence-electron chi connectivity index (χ2n) is 12.6. The first kappa shape index (κ1) is 35.2. The largest absolute Gasteiger partial charge is 0.479 e. The third-order valence-corrected chi connectivity index (χ3v) is 8.74. The van der Waals surface area contributed by atoms with E-state index >= 15 is 0 Å². The van der Waals surface area contributed by atoms with Crippen molar-refractivity contribution in [1.29, 1.82) is 0 Å². The quantitative estimate of drug-likeness (QED) is 0.142. The van der Waals surface area contributed by atoms with Crippen molar-refractivity contribution in [1.82, 2.24) is 0 Å². The number of carbonyl (C=O) groups excluding carboxylic acids is 1. The molecule has 0 aliphatic carbocycles. The lowest BCUT2D eigenvalue weighted by atomic mass is 9.74. The summed E-state index contributed by atoms with van der Waals surface area (Å²) in [5.41, 5.74) is -6.15. The van der Waals surface area contributed by atoms with Crippen LogP contribution in [0.5, 0.6) is 0 Å². The van der Waals surface area contributed by atoms with E-state index in [1.54, 1.807) is 6.92 Å². The minimum absolute atomic E-state index is 0.0735. The molecular formula is C32H44O12. The van der Waals surface area contributed by atoms with Crippen molar-refractivity contribution in [3.63, 3.8) is 0 Å². The van der Waals surface area contributed by atoms with Crippen molar-refractivity contribution in [2.24, 2.45) is 23.7 Å². The van der Waals surface area contributed by atoms with Gasteiger partial charge in [-0.2, -0.15) is 0 Å². The Kier molecular flexibility index (Phi) is 11.0. The van der Waals surface area contributed by atoms with Gasteiger partial charge in [0.2, 0.25) is 23.1 Å². The van der Waals surface area contributed by atoms with E-state index in [4.69, 9.17) is 14.2 Å². The molecular weight excluding hydrogens is 576 g/mol. The molecule has 2 aliphatic rings. The number of hydrogen-bond donors (Lipinski definition) is 5. The maximum Gasteiger partial charge on any atom is 0.344 e. The molecule has 0 amide bonds. The van der Waals surface area contributed by atoms with Crippen molar-refractivity contribution in [3.8, 4) is 0 Å². The Hall–Kier alpha value is -3.32. The zero-order valence-corrected chi connectivity index (χ0v) is 25.7. The molecule has 44 heavy (non-hydrogen) atoms. The van der Waals surface area contributed by atoms with Crippen LogP contribution in [-0.4, -0.2) is 84.7 Å². The van der Waals surface area contributed by atoms with Gasteiger partial charge in [-0.3, -0.25) is 0 Å². The topological polar surface area (TPSA) is 197 Å². The van der Waals surface area contributed by atoms with E-state index in [0.717, 1.165) is 24.5 Å². The molecule has 1 unspecified atom stereocenters. The van der Waals surface area contributed by atoms with Gasteiger partial charge in [0.05, 0.1) is 0 Å². The zero-order valence-electron chi connectivity index (χ0n) is 25.7. The molecule has 2 heterocycles. The summed E-state index contributed by atoms with van der Waals surface area (Å²) in [6.45, 7) is 9.67. The van der Waals surface area contributed by atoms with Crippen LogP contribution in [0.3, 0.4) is 0 Å². The smallest absolute Gasteiger partial charge is 0.344 e. The number of aliphatic hydroxyl groups excluding tert-OH is 1. The summed E-state index contributed by atoms with van der Waals surface area (Å²) in [7, 11) is 0. The summed E-state index contributed by atoms with van der Waals surface area (Å²) >= 11 is 0. The second kappa shape index (κ2) is 13.8. The molecule has 1 aromatic rings. The summed E-state index contributed by atoms with van der Waals surface area (Å²) in [5, 5.41) is 53.2. The highest BCUT2D eigenvalue weighted by atomic mass is 16.8. The number of hydrogen-bond acceptors (Lipinski definition) is 9. The van der Waals surface area contributed by atoms with E-state index < -0.39 is 65.1 Å². The molecule has 0 radical (unpaired) electrons. The van der Waals surface area contributed by atoms with Gasteiger partial charge >= 0.3 is 23.9 Å². The number of allylic oxidation sites excluding steroid dienone is 1. The maximum absolute atomic E-state index is 12.9. The molecule has 0 aromatic heterocycles. The van der Waals surface area contributed by atoms with Gasteiger partial charge in [0.25, 0.3) is 0 Å². The first-order valence-electron chi connectivity index (χ1n) is 14.9. The van der Waals surface area contributed by atoms with Crippen molar-refractivity contribution >= 4 is 23.9 Å². The SMILES string of the molecule is CC[C@H](C)C[C@H](C)/C=C/C(=O)O[C@@H]1[C@@H](O)[C@@]2(CC(C)C[C@H](C)Cc3ccccc3)O[C@H](C(=O)O)[C@@](O)(C(=O)O)[C@]1(C(=O)O)O2. The summed E-state index contributed by atoms with van der Waals surface area (Å²) in [6.07, 6.45) is -2.10. The third-order valence-electron chi connectivity index (χ3n) is 8.74. The highest BCUT2D eigenvalue weighted by Gasteiger charge is 2.86. The van der Waals surface area contributed by atoms with E-state index in [-0.39, 0.29) is 18.3 Å². The van der Waals surface area contributed by atoms with Crippen molar-refractivity contribution in [3.05, 3.63) is 48.0 Å². The van der Waals surface area contributed by atoms with Crippen LogP contribution >= 0.6 is 0 Å². The number of carboxylic acid groups (broad SMARTS) is 3. The first-order valence-corrected chi connectivity index (χ1v) is 14.9. The Morgan fingerprint density at radius 3 is 2.14 bits per heavy atom. The van der Waals surface area contributed by atoms with Gasteiger partial charge in [-0.05, 0) is 48.5 Å². The lowest BCUT2D eigenvalue weighted by Crippen LogP contribution is -2.78. The average molecular weight is 621 g/mol. The molecule has 0 saturated carbocycles. The fourth-order valence-electron chi connectivity index (χ4n) is 6.54. The van der Waals surface area contributed by atoms with Crippen molar-refractivity contribution in [2.45, 2.75) is 102 Å². The molecule has 1 aromatic carbocycles. The van der Waals surface area contributed by atoms with Crippen LogP contribution in [0.25, 0.3) is 0 Å². The highest BCUT2D eigenvalue weighted by Crippen LogP contribution is 2.56. The number of fused-ring (bicyclic) bond motifs is 2. The van der Waals surface area contributed by atoms with E-state index in [9.17, 15) is 44.7 Å². The van der Waals surface area contributed by atoms with E-state index in [1.807, 2.05) is 58.0 Å². The number of benzene rings is 1. The maximum atomic E-state index is 12.9. The molecule has 2 aliphatic heterocycles. The Labute approximate surface area is 256 Å². The Bertz CT molecular complexity index is 1230. The Balaban J connectivity index is 1.99. The van der Waals surface area contributed by atoms with Crippen LogP contribution < -0.4 is 0 Å². The van der Waals surface area contributed by atoms with Gasteiger partial charge in [-0.25, -0.2) is 19.2 Å². The number of rotatable bonds is 15. The van der Waals surface area contributed by atoms with Crippen molar-refractivity contribution in [2.75, 3.05) is 0 Å². The molecule has 12 heteroatoms. The third kappa shape index (κ3) is 6.68. The van der Waals surface area contributed by atoms with E-state index in [1.165, 1.54) is 6.08 Å². The minimum atomic E-state index is -3.80. The molecule has 2 fully saturated rings. The summed E-state index contributed by atoms with van der Waals surface area (Å²) in [5.74, 6) is -10.1. The number of aliphatic hydroxyl groups is 2. The molecule has 5 N–H and O–H groups in total. The summed E-state index contributed by atoms with van der Waals surface area (Å²) in [6, 6.07) is 9.66. The Morgan fingerprint density at radius 2 is 1.59 bits per heavy atom. The van der Waals surface area contributed by atoms with E-state index in [0.29, 0.717) is 18.8 Å². The predicted octanol–water partition coefficient (Wildman–Crippen LogP) is 3.03. The lowest BCUT2D eigenvalue weighted by Gasteiger charge is -2.49. The second-order valence-corrected chi connectivity index (χ2v) is 12.6. The number of ether oxygens (including phenoxy) is 3. The molecule has 10 atom stereocenters. The average Bonchev–Trinajstić information content (AvgIpc) is 3.15. The van der Waals surface area contributed by atoms with Gasteiger partial charge in [-0.1, -0.05) is 77.4 Å². The van der Waals surface area contributed by atoms with Gasteiger partial charge < -0.3 is 39.7 Å². The number of aliphatic carboxylic acids is 3. The number of esters is 1. The van der Waals surface area contributed by atoms with Crippen molar-refractivity contribution < 1.29 is 58.9 Å². The van der Waals surface area contributed by atoms with Gasteiger partial charge in [0, 0.05) is 12.5 Å². The molecule has 2 saturated heterocycles. The standard InChI is InChI=1S/C32H44O12/c1-6-18(2)14-19(3)12-13-23(33)42-25-24(34)30(17-21(5)15-20(4)16-22-10-8-7-9-11-22)43-26(27(35)36)31(41,28(37)38)32(25,44-30)29(39)40/h7-13,18-21,24-26,34,41H,6,14-17H2,1-5H3,(H,35,36)(H,37,38)(H,39,40)/b13-12+/t18-,19+,20-,21?,24+,25+,26+,30-,31+,32-/m0/s1. The van der Waals surface area contributed by atoms with Gasteiger partial charge in [0.15, 0.2) is 6.10 Å². The lowest BCUT2D eigenvalue weighted by molar-refractivity contribution is -0.376. The van der Waals surface area contributed by atoms with Crippen LogP contribution in [0.15, 0.2) is 42.5 Å². The number of carboxylic acids is 3.